The van der Waals surface area contributed by atoms with E-state index in [4.69, 9.17) is 9.47 Å². The van der Waals surface area contributed by atoms with Crippen molar-refractivity contribution in [1.29, 1.82) is 0 Å². The van der Waals surface area contributed by atoms with Crippen molar-refractivity contribution in [2.75, 3.05) is 0 Å². The molecule has 4 nitrogen and oxygen atoms in total. The predicted molar refractivity (Wildman–Crippen MR) is 65.0 cm³/mol. The minimum atomic E-state index is -0.388. The van der Waals surface area contributed by atoms with Gasteiger partial charge >= 0.3 is 11.9 Å². The van der Waals surface area contributed by atoms with Gasteiger partial charge in [-0.15, -0.1) is 0 Å². The zero-order valence-corrected chi connectivity index (χ0v) is 10.5. The van der Waals surface area contributed by atoms with E-state index in [1.165, 1.54) is 13.8 Å². The number of esters is 2. The number of benzene rings is 1. The van der Waals surface area contributed by atoms with Gasteiger partial charge in [-0.3, -0.25) is 9.59 Å². The molecular weight excluding hydrogens is 232 g/mol. The maximum atomic E-state index is 11.1. The van der Waals surface area contributed by atoms with Gasteiger partial charge in [0.1, 0.15) is 12.2 Å². The summed E-state index contributed by atoms with van der Waals surface area (Å²) in [6, 6.07) is 7.93. The van der Waals surface area contributed by atoms with Gasteiger partial charge in [0.25, 0.3) is 0 Å². The Labute approximate surface area is 106 Å². The van der Waals surface area contributed by atoms with E-state index in [1.54, 1.807) is 0 Å². The first kappa shape index (κ1) is 12.6. The van der Waals surface area contributed by atoms with Crippen LogP contribution in [0.2, 0.25) is 0 Å². The van der Waals surface area contributed by atoms with Gasteiger partial charge in [0.05, 0.1) is 0 Å². The fourth-order valence-corrected chi connectivity index (χ4v) is 2.31. The first-order chi connectivity index (χ1) is 8.56. The zero-order chi connectivity index (χ0) is 13.1. The molecule has 1 aromatic rings. The second-order valence-corrected chi connectivity index (χ2v) is 4.47. The summed E-state index contributed by atoms with van der Waals surface area (Å²) < 4.78 is 10.5. The van der Waals surface area contributed by atoms with Crippen LogP contribution < -0.4 is 0 Å². The molecule has 18 heavy (non-hydrogen) atoms. The van der Waals surface area contributed by atoms with E-state index in [9.17, 15) is 9.59 Å². The number of hydrogen-bond acceptors (Lipinski definition) is 4. The van der Waals surface area contributed by atoms with Crippen molar-refractivity contribution in [2.45, 2.75) is 38.9 Å². The van der Waals surface area contributed by atoms with E-state index >= 15 is 0 Å². The largest absolute Gasteiger partial charge is 0.458 e. The van der Waals surface area contributed by atoms with Crippen LogP contribution >= 0.6 is 0 Å². The SMILES string of the molecule is CC(=O)O[C@H]1Cc2ccccc2C[C@@H]1OC(C)=O. The molecule has 0 aliphatic heterocycles. The molecule has 0 N–H and O–H groups in total. The van der Waals surface area contributed by atoms with Crippen molar-refractivity contribution in [3.05, 3.63) is 35.4 Å². The molecule has 2 atom stereocenters. The Balaban J connectivity index is 2.21. The van der Waals surface area contributed by atoms with Crippen LogP contribution in [0.1, 0.15) is 25.0 Å². The lowest BCUT2D eigenvalue weighted by Crippen LogP contribution is -2.41. The van der Waals surface area contributed by atoms with Gasteiger partial charge in [-0.25, -0.2) is 0 Å². The molecule has 96 valence electrons. The molecule has 0 unspecified atom stereocenters. The van der Waals surface area contributed by atoms with Crippen LogP contribution in [0.15, 0.2) is 24.3 Å². The number of carbonyl (C=O) groups excluding carboxylic acids is 2. The highest BCUT2D eigenvalue weighted by atomic mass is 16.6. The smallest absolute Gasteiger partial charge is 0.303 e. The predicted octanol–water partition coefficient (Wildman–Crippen LogP) is 1.65. The van der Waals surface area contributed by atoms with Crippen molar-refractivity contribution >= 4 is 11.9 Å². The van der Waals surface area contributed by atoms with Gasteiger partial charge in [0.2, 0.25) is 0 Å². The summed E-state index contributed by atoms with van der Waals surface area (Å²) in [7, 11) is 0. The quantitative estimate of drug-likeness (QED) is 0.747. The average molecular weight is 248 g/mol. The van der Waals surface area contributed by atoms with E-state index in [0.29, 0.717) is 12.8 Å². The molecule has 0 aromatic heterocycles. The molecule has 0 bridgehead atoms. The van der Waals surface area contributed by atoms with Gasteiger partial charge < -0.3 is 9.47 Å². The van der Waals surface area contributed by atoms with Gasteiger partial charge in [0, 0.05) is 26.7 Å². The Morgan fingerprint density at radius 1 is 0.944 bits per heavy atom. The fraction of sp³-hybridized carbons (Fsp3) is 0.429. The molecule has 0 heterocycles. The fourth-order valence-electron chi connectivity index (χ4n) is 2.31. The highest BCUT2D eigenvalue weighted by Crippen LogP contribution is 2.25. The van der Waals surface area contributed by atoms with E-state index in [-0.39, 0.29) is 24.1 Å². The summed E-state index contributed by atoms with van der Waals surface area (Å²) >= 11 is 0. The van der Waals surface area contributed by atoms with E-state index < -0.39 is 0 Å². The topological polar surface area (TPSA) is 52.6 Å². The van der Waals surface area contributed by atoms with Crippen LogP contribution in [-0.2, 0) is 31.9 Å². The Bertz CT molecular complexity index is 424. The Morgan fingerprint density at radius 2 is 1.33 bits per heavy atom. The van der Waals surface area contributed by atoms with Crippen molar-refractivity contribution in [3.8, 4) is 0 Å². The van der Waals surface area contributed by atoms with E-state index in [1.807, 2.05) is 24.3 Å². The molecule has 0 saturated carbocycles. The summed E-state index contributed by atoms with van der Waals surface area (Å²) in [5.41, 5.74) is 2.29. The number of carbonyl (C=O) groups is 2. The second-order valence-electron chi connectivity index (χ2n) is 4.47. The van der Waals surface area contributed by atoms with Crippen LogP contribution in [0.4, 0.5) is 0 Å². The van der Waals surface area contributed by atoms with Crippen LogP contribution in [0.3, 0.4) is 0 Å². The minimum Gasteiger partial charge on any atom is -0.458 e. The second kappa shape index (κ2) is 5.21. The number of rotatable bonds is 2. The van der Waals surface area contributed by atoms with Crippen molar-refractivity contribution in [2.24, 2.45) is 0 Å². The molecule has 0 spiro atoms. The zero-order valence-electron chi connectivity index (χ0n) is 10.5. The van der Waals surface area contributed by atoms with Crippen LogP contribution in [0.25, 0.3) is 0 Å². The highest BCUT2D eigenvalue weighted by Gasteiger charge is 2.32. The summed E-state index contributed by atoms with van der Waals surface area (Å²) in [6.07, 6.45) is 0.407. The first-order valence-corrected chi connectivity index (χ1v) is 5.97. The first-order valence-electron chi connectivity index (χ1n) is 5.97. The molecule has 1 aliphatic rings. The molecule has 0 radical (unpaired) electrons. The lowest BCUT2D eigenvalue weighted by molar-refractivity contribution is -0.165. The Kier molecular flexibility index (Phi) is 3.65. The van der Waals surface area contributed by atoms with Crippen molar-refractivity contribution in [1.82, 2.24) is 0 Å². The summed E-state index contributed by atoms with van der Waals surface area (Å²) in [5, 5.41) is 0. The Morgan fingerprint density at radius 3 is 1.67 bits per heavy atom. The molecule has 1 aromatic carbocycles. The molecule has 0 fully saturated rings. The molecule has 0 amide bonds. The number of ether oxygens (including phenoxy) is 2. The van der Waals surface area contributed by atoms with Crippen molar-refractivity contribution in [3.63, 3.8) is 0 Å². The van der Waals surface area contributed by atoms with Crippen LogP contribution in [0, 0.1) is 0 Å². The summed E-state index contributed by atoms with van der Waals surface area (Å²) in [6.45, 7) is 2.73. The molecule has 2 rings (SSSR count). The molecule has 0 saturated heterocycles. The third-order valence-corrected chi connectivity index (χ3v) is 3.01. The Hall–Kier alpha value is -1.84. The third kappa shape index (κ3) is 2.88. The normalized spacial score (nSPS) is 21.9. The molecular formula is C14H16O4. The highest BCUT2D eigenvalue weighted by molar-refractivity contribution is 5.67. The molecule has 4 heteroatoms. The average Bonchev–Trinajstić information content (AvgIpc) is 2.28. The third-order valence-electron chi connectivity index (χ3n) is 3.01. The van der Waals surface area contributed by atoms with Gasteiger partial charge in [0.15, 0.2) is 0 Å². The minimum absolute atomic E-state index is 0.350. The van der Waals surface area contributed by atoms with Gasteiger partial charge in [-0.1, -0.05) is 24.3 Å². The van der Waals surface area contributed by atoms with Crippen molar-refractivity contribution < 1.29 is 19.1 Å². The monoisotopic (exact) mass is 248 g/mol. The van der Waals surface area contributed by atoms with E-state index in [2.05, 4.69) is 0 Å². The van der Waals surface area contributed by atoms with Crippen LogP contribution in [-0.4, -0.2) is 24.1 Å². The van der Waals surface area contributed by atoms with Crippen LogP contribution in [0.5, 0.6) is 0 Å². The summed E-state index contributed by atoms with van der Waals surface area (Å²) in [5.74, 6) is -0.701. The lowest BCUT2D eigenvalue weighted by atomic mass is 9.87. The van der Waals surface area contributed by atoms with E-state index in [0.717, 1.165) is 11.1 Å². The maximum Gasteiger partial charge on any atom is 0.303 e. The lowest BCUT2D eigenvalue weighted by Gasteiger charge is -2.31. The standard InChI is InChI=1S/C14H16O4/c1-9(15)17-13-7-11-5-3-4-6-12(11)8-14(13)18-10(2)16/h3-6,13-14H,7-8H2,1-2H3/t13-,14-/m0/s1. The number of fused-ring (bicyclic) bond motifs is 1. The van der Waals surface area contributed by atoms with Gasteiger partial charge in [-0.05, 0) is 11.1 Å². The molecule has 1 aliphatic carbocycles. The maximum absolute atomic E-state index is 11.1. The number of hydrogen-bond donors (Lipinski definition) is 0. The van der Waals surface area contributed by atoms with Gasteiger partial charge in [-0.2, -0.15) is 0 Å². The summed E-state index contributed by atoms with van der Waals surface area (Å²) in [4.78, 5) is 22.2.